The van der Waals surface area contributed by atoms with E-state index in [-0.39, 0.29) is 12.8 Å². The highest BCUT2D eigenvalue weighted by Gasteiger charge is 2.13. The second-order valence-electron chi connectivity index (χ2n) is 3.96. The van der Waals surface area contributed by atoms with Crippen molar-refractivity contribution in [2.75, 3.05) is 6.26 Å². The Hall–Kier alpha value is -1.84. The molecule has 0 aliphatic rings. The van der Waals surface area contributed by atoms with Crippen LogP contribution in [-0.4, -0.2) is 27.6 Å². The van der Waals surface area contributed by atoms with Crippen LogP contribution in [0, 0.1) is 11.3 Å². The van der Waals surface area contributed by atoms with E-state index in [1.54, 1.807) is 11.8 Å². The second-order valence-corrected chi connectivity index (χ2v) is 4.84. The number of aliphatic hydroxyl groups excluding tert-OH is 1. The Morgan fingerprint density at radius 2 is 2.16 bits per heavy atom. The lowest BCUT2D eigenvalue weighted by molar-refractivity contribution is 0.167. The highest BCUT2D eigenvalue weighted by atomic mass is 32.2. The van der Waals surface area contributed by atoms with Crippen LogP contribution in [0.5, 0.6) is 0 Å². The lowest BCUT2D eigenvalue weighted by Gasteiger charge is -1.99. The third kappa shape index (κ3) is 3.56. The molecule has 0 spiro atoms. The van der Waals surface area contributed by atoms with Crippen molar-refractivity contribution < 1.29 is 9.63 Å². The van der Waals surface area contributed by atoms with Crippen molar-refractivity contribution in [1.82, 2.24) is 10.1 Å². The molecule has 1 heterocycles. The number of nitriles is 1. The Kier molecular flexibility index (Phi) is 4.55. The maximum atomic E-state index is 9.50. The zero-order valence-electron chi connectivity index (χ0n) is 10.4. The Balaban J connectivity index is 2.09. The molecule has 0 aliphatic heterocycles. The smallest absolute Gasteiger partial charge is 0.229 e. The third-order valence-corrected chi connectivity index (χ3v) is 3.30. The van der Waals surface area contributed by atoms with Gasteiger partial charge in [-0.1, -0.05) is 5.16 Å². The van der Waals surface area contributed by atoms with Crippen molar-refractivity contribution in [1.29, 1.82) is 5.26 Å². The number of aromatic nitrogens is 2. The number of thioether (sulfide) groups is 1. The molecular weight excluding hydrogens is 262 g/mol. The minimum Gasteiger partial charge on any atom is -0.392 e. The molecule has 6 heteroatoms. The summed E-state index contributed by atoms with van der Waals surface area (Å²) in [5.74, 6) is 0.832. The molecule has 0 amide bonds. The molecule has 19 heavy (non-hydrogen) atoms. The summed E-state index contributed by atoms with van der Waals surface area (Å²) in [7, 11) is 0. The Bertz CT molecular complexity index is 574. The maximum Gasteiger partial charge on any atom is 0.229 e. The summed E-state index contributed by atoms with van der Waals surface area (Å²) in [5.41, 5.74) is 0.863. The van der Waals surface area contributed by atoms with Gasteiger partial charge in [-0.05, 0) is 30.5 Å². The normalized spacial score (nSPS) is 12.1. The number of nitrogens with zero attached hydrogens (tertiary/aromatic N) is 3. The van der Waals surface area contributed by atoms with Gasteiger partial charge in [-0.3, -0.25) is 0 Å². The van der Waals surface area contributed by atoms with Crippen molar-refractivity contribution >= 4 is 11.8 Å². The first-order valence-electron chi connectivity index (χ1n) is 5.75. The number of benzene rings is 1. The molecular formula is C13H13N3O2S. The number of aliphatic hydroxyl groups is 1. The van der Waals surface area contributed by atoms with Gasteiger partial charge in [0.15, 0.2) is 0 Å². The molecule has 1 unspecified atom stereocenters. The van der Waals surface area contributed by atoms with Crippen LogP contribution in [0.25, 0.3) is 11.4 Å². The molecule has 2 aromatic rings. The first kappa shape index (κ1) is 13.6. The van der Waals surface area contributed by atoms with E-state index < -0.39 is 6.10 Å². The van der Waals surface area contributed by atoms with Crippen LogP contribution in [0.2, 0.25) is 0 Å². The molecule has 1 aromatic heterocycles. The molecule has 0 fully saturated rings. The van der Waals surface area contributed by atoms with E-state index in [1.807, 2.05) is 36.6 Å². The van der Waals surface area contributed by atoms with Gasteiger partial charge in [0.1, 0.15) is 0 Å². The van der Waals surface area contributed by atoms with Crippen LogP contribution < -0.4 is 0 Å². The van der Waals surface area contributed by atoms with Gasteiger partial charge in [-0.15, -0.1) is 11.8 Å². The minimum absolute atomic E-state index is 0.0557. The van der Waals surface area contributed by atoms with Crippen LogP contribution in [0.3, 0.4) is 0 Å². The van der Waals surface area contributed by atoms with E-state index in [4.69, 9.17) is 9.78 Å². The summed E-state index contributed by atoms with van der Waals surface area (Å²) in [5, 5.41) is 21.8. The van der Waals surface area contributed by atoms with Crippen molar-refractivity contribution in [3.63, 3.8) is 0 Å². The zero-order valence-corrected chi connectivity index (χ0v) is 11.2. The lowest BCUT2D eigenvalue weighted by Crippen LogP contribution is -2.09. The van der Waals surface area contributed by atoms with E-state index >= 15 is 0 Å². The largest absolute Gasteiger partial charge is 0.392 e. The number of hydrogen-bond acceptors (Lipinski definition) is 6. The van der Waals surface area contributed by atoms with E-state index in [0.717, 1.165) is 10.5 Å². The molecule has 0 saturated heterocycles. The molecule has 1 aromatic carbocycles. The Morgan fingerprint density at radius 1 is 1.42 bits per heavy atom. The van der Waals surface area contributed by atoms with E-state index in [9.17, 15) is 5.11 Å². The highest BCUT2D eigenvalue weighted by molar-refractivity contribution is 7.98. The average molecular weight is 275 g/mol. The van der Waals surface area contributed by atoms with Crippen LogP contribution in [0.1, 0.15) is 12.3 Å². The monoisotopic (exact) mass is 275 g/mol. The Labute approximate surface area is 115 Å². The predicted octanol–water partition coefficient (Wildman–Crippen LogP) is 2.28. The molecule has 0 radical (unpaired) electrons. The average Bonchev–Trinajstić information content (AvgIpc) is 2.87. The van der Waals surface area contributed by atoms with Crippen LogP contribution in [0.15, 0.2) is 33.7 Å². The predicted molar refractivity (Wildman–Crippen MR) is 71.5 cm³/mol. The van der Waals surface area contributed by atoms with Crippen LogP contribution >= 0.6 is 11.8 Å². The van der Waals surface area contributed by atoms with Gasteiger partial charge >= 0.3 is 0 Å². The summed E-state index contributed by atoms with van der Waals surface area (Å²) in [6, 6.07) is 9.72. The molecule has 5 nitrogen and oxygen atoms in total. The second kappa shape index (κ2) is 6.36. The van der Waals surface area contributed by atoms with Gasteiger partial charge in [0.25, 0.3) is 0 Å². The molecule has 2 rings (SSSR count). The SMILES string of the molecule is CSc1ccc(-c2noc(CC(O)CC#N)n2)cc1. The van der Waals surface area contributed by atoms with Gasteiger partial charge in [0, 0.05) is 10.5 Å². The van der Waals surface area contributed by atoms with Gasteiger partial charge in [-0.25, -0.2) is 0 Å². The van der Waals surface area contributed by atoms with Crippen molar-refractivity contribution in [3.05, 3.63) is 30.2 Å². The highest BCUT2D eigenvalue weighted by Crippen LogP contribution is 2.21. The lowest BCUT2D eigenvalue weighted by atomic mass is 10.2. The number of rotatable bonds is 5. The molecule has 0 saturated carbocycles. The number of hydrogen-bond donors (Lipinski definition) is 1. The van der Waals surface area contributed by atoms with Crippen molar-refractivity contribution in [2.24, 2.45) is 0 Å². The first-order valence-corrected chi connectivity index (χ1v) is 6.97. The first-order chi connectivity index (χ1) is 9.22. The maximum absolute atomic E-state index is 9.50. The fourth-order valence-electron chi connectivity index (χ4n) is 1.57. The fourth-order valence-corrected chi connectivity index (χ4v) is 1.98. The van der Waals surface area contributed by atoms with Crippen LogP contribution in [0.4, 0.5) is 0 Å². The molecule has 0 bridgehead atoms. The molecule has 1 N–H and O–H groups in total. The fraction of sp³-hybridized carbons (Fsp3) is 0.308. The Morgan fingerprint density at radius 3 is 2.79 bits per heavy atom. The zero-order chi connectivity index (χ0) is 13.7. The van der Waals surface area contributed by atoms with Crippen molar-refractivity contribution in [2.45, 2.75) is 23.8 Å². The quantitative estimate of drug-likeness (QED) is 0.843. The third-order valence-electron chi connectivity index (χ3n) is 2.55. The van der Waals surface area contributed by atoms with Gasteiger partial charge < -0.3 is 9.63 Å². The molecule has 98 valence electrons. The summed E-state index contributed by atoms with van der Waals surface area (Å²) in [6.45, 7) is 0. The topological polar surface area (TPSA) is 82.9 Å². The van der Waals surface area contributed by atoms with Crippen LogP contribution in [-0.2, 0) is 6.42 Å². The summed E-state index contributed by atoms with van der Waals surface area (Å²) in [4.78, 5) is 5.37. The summed E-state index contributed by atoms with van der Waals surface area (Å²) < 4.78 is 5.06. The van der Waals surface area contributed by atoms with Crippen molar-refractivity contribution in [3.8, 4) is 17.5 Å². The van der Waals surface area contributed by atoms with E-state index in [1.165, 1.54) is 0 Å². The minimum atomic E-state index is -0.767. The van der Waals surface area contributed by atoms with E-state index in [2.05, 4.69) is 10.1 Å². The molecule has 1 atom stereocenters. The van der Waals surface area contributed by atoms with E-state index in [0.29, 0.717) is 11.7 Å². The van der Waals surface area contributed by atoms with Gasteiger partial charge in [-0.2, -0.15) is 10.2 Å². The van der Waals surface area contributed by atoms with Gasteiger partial charge in [0.2, 0.25) is 11.7 Å². The summed E-state index contributed by atoms with van der Waals surface area (Å²) in [6.07, 6.45) is 1.50. The molecule has 0 aliphatic carbocycles. The van der Waals surface area contributed by atoms with Gasteiger partial charge in [0.05, 0.1) is 25.0 Å². The summed E-state index contributed by atoms with van der Waals surface area (Å²) >= 11 is 1.66. The standard InChI is InChI=1S/C13H13N3O2S/c1-19-11-4-2-9(3-5-11)13-15-12(18-16-13)8-10(17)6-7-14/h2-5,10,17H,6,8H2,1H3.